The second kappa shape index (κ2) is 6.50. The van der Waals surface area contributed by atoms with Crippen LogP contribution in [0.3, 0.4) is 0 Å². The van der Waals surface area contributed by atoms with Crippen molar-refractivity contribution in [2.45, 2.75) is 0 Å². The molecule has 0 fully saturated rings. The van der Waals surface area contributed by atoms with Gasteiger partial charge in [-0.15, -0.1) is 0 Å². The molecule has 6 heteroatoms. The minimum atomic E-state index is -0.323. The summed E-state index contributed by atoms with van der Waals surface area (Å²) in [4.78, 5) is 11.7. The molecule has 0 spiro atoms. The van der Waals surface area contributed by atoms with Gasteiger partial charge in [0.25, 0.3) is 5.91 Å². The Bertz CT molecular complexity index is 632. The topological polar surface area (TPSA) is 64.3 Å². The summed E-state index contributed by atoms with van der Waals surface area (Å²) in [5, 5.41) is 3.51. The number of nitrogens with one attached hydrogen (secondary N) is 1. The molecule has 2 rings (SSSR count). The third-order valence-electron chi connectivity index (χ3n) is 2.43. The van der Waals surface area contributed by atoms with Crippen molar-refractivity contribution < 1.29 is 9.53 Å². The lowest BCUT2D eigenvalue weighted by molar-refractivity contribution is -0.118. The Labute approximate surface area is 126 Å². The van der Waals surface area contributed by atoms with Crippen LogP contribution in [0.25, 0.3) is 0 Å². The fourth-order valence-corrected chi connectivity index (χ4v) is 1.99. The molecule has 104 valence electrons. The highest BCUT2D eigenvalue weighted by molar-refractivity contribution is 6.36. The van der Waals surface area contributed by atoms with Gasteiger partial charge in [0.15, 0.2) is 6.61 Å². The summed E-state index contributed by atoms with van der Waals surface area (Å²) in [6.07, 6.45) is 0. The number of anilines is 2. The van der Waals surface area contributed by atoms with E-state index in [2.05, 4.69) is 5.32 Å². The molecule has 2 aromatic rings. The van der Waals surface area contributed by atoms with Gasteiger partial charge in [-0.3, -0.25) is 4.79 Å². The number of halogens is 2. The number of rotatable bonds is 4. The normalized spacial score (nSPS) is 10.1. The third-order valence-corrected chi connectivity index (χ3v) is 2.98. The maximum atomic E-state index is 11.7. The minimum Gasteiger partial charge on any atom is -0.484 e. The Balaban J connectivity index is 1.92. The van der Waals surface area contributed by atoms with Gasteiger partial charge in [-0.25, -0.2) is 0 Å². The van der Waals surface area contributed by atoms with E-state index in [1.54, 1.807) is 42.5 Å². The van der Waals surface area contributed by atoms with Crippen LogP contribution < -0.4 is 15.8 Å². The van der Waals surface area contributed by atoms with E-state index in [9.17, 15) is 4.79 Å². The zero-order chi connectivity index (χ0) is 14.5. The van der Waals surface area contributed by atoms with Crippen molar-refractivity contribution in [1.29, 1.82) is 0 Å². The van der Waals surface area contributed by atoms with Crippen molar-refractivity contribution in [2.24, 2.45) is 0 Å². The summed E-state index contributed by atoms with van der Waals surface area (Å²) >= 11 is 11.7. The Morgan fingerprint density at radius 2 is 2.00 bits per heavy atom. The van der Waals surface area contributed by atoms with Gasteiger partial charge in [0.05, 0.1) is 10.7 Å². The highest BCUT2D eigenvalue weighted by atomic mass is 35.5. The van der Waals surface area contributed by atoms with E-state index in [0.717, 1.165) is 0 Å². The number of hydrogen-bond donors (Lipinski definition) is 2. The van der Waals surface area contributed by atoms with E-state index in [-0.39, 0.29) is 12.5 Å². The molecule has 2 aromatic carbocycles. The van der Waals surface area contributed by atoms with E-state index >= 15 is 0 Å². The number of nitrogen functional groups attached to an aromatic ring is 1. The van der Waals surface area contributed by atoms with Crippen LogP contribution in [-0.4, -0.2) is 12.5 Å². The van der Waals surface area contributed by atoms with E-state index in [4.69, 9.17) is 33.7 Å². The van der Waals surface area contributed by atoms with Crippen molar-refractivity contribution in [1.82, 2.24) is 0 Å². The van der Waals surface area contributed by atoms with Crippen LogP contribution >= 0.6 is 23.2 Å². The van der Waals surface area contributed by atoms with E-state index in [1.165, 1.54) is 0 Å². The molecular formula is C14H12Cl2N2O2. The molecule has 1 amide bonds. The summed E-state index contributed by atoms with van der Waals surface area (Å²) in [7, 11) is 0. The van der Waals surface area contributed by atoms with Gasteiger partial charge in [0.2, 0.25) is 0 Å². The smallest absolute Gasteiger partial charge is 0.262 e. The maximum Gasteiger partial charge on any atom is 0.262 e. The van der Waals surface area contributed by atoms with Crippen LogP contribution in [0.5, 0.6) is 5.75 Å². The molecule has 0 saturated carbocycles. The predicted molar refractivity (Wildman–Crippen MR) is 81.4 cm³/mol. The highest BCUT2D eigenvalue weighted by Crippen LogP contribution is 2.25. The Morgan fingerprint density at radius 1 is 1.20 bits per heavy atom. The lowest BCUT2D eigenvalue weighted by Gasteiger charge is -2.09. The molecule has 0 bridgehead atoms. The average molecular weight is 311 g/mol. The molecule has 0 unspecified atom stereocenters. The summed E-state index contributed by atoms with van der Waals surface area (Å²) in [6.45, 7) is -0.136. The van der Waals surface area contributed by atoms with Crippen LogP contribution in [0.15, 0.2) is 42.5 Å². The Morgan fingerprint density at radius 3 is 2.70 bits per heavy atom. The molecule has 4 nitrogen and oxygen atoms in total. The maximum absolute atomic E-state index is 11.7. The molecule has 3 N–H and O–H groups in total. The number of nitrogens with two attached hydrogens (primary N) is 1. The summed E-state index contributed by atoms with van der Waals surface area (Å²) < 4.78 is 5.32. The first-order valence-electron chi connectivity index (χ1n) is 5.78. The van der Waals surface area contributed by atoms with Gasteiger partial charge in [-0.1, -0.05) is 29.3 Å². The summed E-state index contributed by atoms with van der Waals surface area (Å²) in [5.41, 5.74) is 6.67. The first-order valence-corrected chi connectivity index (χ1v) is 6.53. The Hall–Kier alpha value is -1.91. The average Bonchev–Trinajstić information content (AvgIpc) is 2.40. The van der Waals surface area contributed by atoms with Crippen molar-refractivity contribution in [2.75, 3.05) is 17.7 Å². The SMILES string of the molecule is Nc1cccc(OCC(=O)Nc2ccc(Cl)cc2Cl)c1. The number of amides is 1. The quantitative estimate of drug-likeness (QED) is 0.848. The largest absolute Gasteiger partial charge is 0.484 e. The number of hydrogen-bond acceptors (Lipinski definition) is 3. The fraction of sp³-hybridized carbons (Fsp3) is 0.0714. The predicted octanol–water partition coefficient (Wildman–Crippen LogP) is 3.59. The molecule has 0 atom stereocenters. The standard InChI is InChI=1S/C14H12Cl2N2O2/c15-9-4-5-13(12(16)6-9)18-14(19)8-20-11-3-1-2-10(17)7-11/h1-7H,8,17H2,(H,18,19). The lowest BCUT2D eigenvalue weighted by Crippen LogP contribution is -2.20. The summed E-state index contributed by atoms with van der Waals surface area (Å²) in [6, 6.07) is 11.7. The van der Waals surface area contributed by atoms with Crippen LogP contribution in [0.2, 0.25) is 10.0 Å². The van der Waals surface area contributed by atoms with Crippen molar-refractivity contribution in [3.05, 3.63) is 52.5 Å². The second-order valence-electron chi connectivity index (χ2n) is 4.03. The lowest BCUT2D eigenvalue weighted by atomic mass is 10.3. The van der Waals surface area contributed by atoms with Crippen LogP contribution in [0.4, 0.5) is 11.4 Å². The molecule has 0 aliphatic rings. The van der Waals surface area contributed by atoms with Crippen LogP contribution in [0, 0.1) is 0 Å². The van der Waals surface area contributed by atoms with Crippen molar-refractivity contribution in [3.63, 3.8) is 0 Å². The van der Waals surface area contributed by atoms with Crippen molar-refractivity contribution in [3.8, 4) is 5.75 Å². The van der Waals surface area contributed by atoms with E-state index < -0.39 is 0 Å². The van der Waals surface area contributed by atoms with Gasteiger partial charge >= 0.3 is 0 Å². The molecule has 0 heterocycles. The molecular weight excluding hydrogens is 299 g/mol. The number of benzene rings is 2. The first-order chi connectivity index (χ1) is 9.54. The van der Waals surface area contributed by atoms with Gasteiger partial charge in [0, 0.05) is 16.8 Å². The molecule has 20 heavy (non-hydrogen) atoms. The molecule has 0 saturated heterocycles. The Kier molecular flexibility index (Phi) is 4.71. The number of carbonyl (C=O) groups is 1. The van der Waals surface area contributed by atoms with Gasteiger partial charge < -0.3 is 15.8 Å². The van der Waals surface area contributed by atoms with Gasteiger partial charge in [0.1, 0.15) is 5.75 Å². The monoisotopic (exact) mass is 310 g/mol. The minimum absolute atomic E-state index is 0.136. The van der Waals surface area contributed by atoms with Crippen molar-refractivity contribution >= 4 is 40.5 Å². The fourth-order valence-electron chi connectivity index (χ4n) is 1.53. The molecule has 0 aliphatic carbocycles. The summed E-state index contributed by atoms with van der Waals surface area (Å²) in [5.74, 6) is 0.207. The van der Waals surface area contributed by atoms with Gasteiger partial charge in [-0.2, -0.15) is 0 Å². The molecule has 0 radical (unpaired) electrons. The van der Waals surface area contributed by atoms with Crippen LogP contribution in [-0.2, 0) is 4.79 Å². The van der Waals surface area contributed by atoms with Crippen LogP contribution in [0.1, 0.15) is 0 Å². The number of carbonyl (C=O) groups excluding carboxylic acids is 1. The molecule has 0 aliphatic heterocycles. The zero-order valence-corrected chi connectivity index (χ0v) is 11.9. The van der Waals surface area contributed by atoms with E-state index in [0.29, 0.717) is 27.2 Å². The third kappa shape index (κ3) is 4.05. The number of ether oxygens (including phenoxy) is 1. The zero-order valence-electron chi connectivity index (χ0n) is 10.4. The second-order valence-corrected chi connectivity index (χ2v) is 4.88. The first kappa shape index (κ1) is 14.5. The molecule has 0 aromatic heterocycles. The van der Waals surface area contributed by atoms with E-state index in [1.807, 2.05) is 0 Å². The van der Waals surface area contributed by atoms with Gasteiger partial charge in [-0.05, 0) is 30.3 Å². The highest BCUT2D eigenvalue weighted by Gasteiger charge is 2.07.